The molecule has 0 aromatic heterocycles. The van der Waals surface area contributed by atoms with Crippen LogP contribution >= 0.6 is 0 Å². The number of hydrogen-bond donors (Lipinski definition) is 1. The Kier molecular flexibility index (Phi) is 4.15. The van der Waals surface area contributed by atoms with Gasteiger partial charge in [-0.3, -0.25) is 4.79 Å². The van der Waals surface area contributed by atoms with E-state index in [1.54, 1.807) is 0 Å². The standard InChI is InChI=1S/C12H19NO4/c1-4-7-17-11(16)13-6-5-12(2,3)9(8-13)10(14)15/h4,9H,1,5-8H2,2-3H3,(H,14,15). The molecule has 1 aliphatic rings. The van der Waals surface area contributed by atoms with Crippen LogP contribution in [0.15, 0.2) is 12.7 Å². The molecule has 0 bridgehead atoms. The number of carboxylic acids is 1. The SMILES string of the molecule is C=CCOC(=O)N1CCC(C)(C)C(C(=O)O)C1. The largest absolute Gasteiger partial charge is 0.481 e. The average molecular weight is 241 g/mol. The van der Waals surface area contributed by atoms with Crippen LogP contribution in [0.25, 0.3) is 0 Å². The van der Waals surface area contributed by atoms with Crippen LogP contribution < -0.4 is 0 Å². The lowest BCUT2D eigenvalue weighted by Gasteiger charge is -2.41. The fraction of sp³-hybridized carbons (Fsp3) is 0.667. The van der Waals surface area contributed by atoms with E-state index in [0.717, 1.165) is 0 Å². The molecular formula is C12H19NO4. The summed E-state index contributed by atoms with van der Waals surface area (Å²) in [4.78, 5) is 24.2. The molecule has 1 heterocycles. The van der Waals surface area contributed by atoms with E-state index < -0.39 is 18.0 Å². The highest BCUT2D eigenvalue weighted by molar-refractivity contribution is 5.74. The summed E-state index contributed by atoms with van der Waals surface area (Å²) in [6.07, 6.45) is 1.68. The fourth-order valence-electron chi connectivity index (χ4n) is 1.96. The van der Waals surface area contributed by atoms with Crippen molar-refractivity contribution in [2.45, 2.75) is 20.3 Å². The van der Waals surface area contributed by atoms with Gasteiger partial charge in [-0.1, -0.05) is 26.5 Å². The Balaban J connectivity index is 2.65. The predicted octanol–water partition coefficient (Wildman–Crippen LogP) is 1.74. The Labute approximate surface area is 101 Å². The second kappa shape index (κ2) is 5.21. The first-order valence-electron chi connectivity index (χ1n) is 5.64. The van der Waals surface area contributed by atoms with Crippen molar-refractivity contribution < 1.29 is 19.4 Å². The van der Waals surface area contributed by atoms with E-state index in [0.29, 0.717) is 13.0 Å². The Morgan fingerprint density at radius 1 is 1.59 bits per heavy atom. The van der Waals surface area contributed by atoms with Gasteiger partial charge in [0.2, 0.25) is 0 Å². The predicted molar refractivity (Wildman–Crippen MR) is 62.6 cm³/mol. The highest BCUT2D eigenvalue weighted by Crippen LogP contribution is 2.35. The number of nitrogens with zero attached hydrogens (tertiary/aromatic N) is 1. The van der Waals surface area contributed by atoms with Gasteiger partial charge in [0.25, 0.3) is 0 Å². The summed E-state index contributed by atoms with van der Waals surface area (Å²) in [6.45, 7) is 8.17. The molecule has 1 unspecified atom stereocenters. The Hall–Kier alpha value is -1.52. The van der Waals surface area contributed by atoms with Crippen molar-refractivity contribution in [3.63, 3.8) is 0 Å². The van der Waals surface area contributed by atoms with E-state index in [1.807, 2.05) is 13.8 Å². The highest BCUT2D eigenvalue weighted by Gasteiger charge is 2.41. The first-order chi connectivity index (χ1) is 7.88. The minimum Gasteiger partial charge on any atom is -0.481 e. The van der Waals surface area contributed by atoms with Crippen molar-refractivity contribution in [1.82, 2.24) is 4.90 Å². The van der Waals surface area contributed by atoms with Gasteiger partial charge in [0.05, 0.1) is 5.92 Å². The van der Waals surface area contributed by atoms with Gasteiger partial charge in [-0.25, -0.2) is 4.79 Å². The third-order valence-electron chi connectivity index (χ3n) is 3.25. The molecule has 5 nitrogen and oxygen atoms in total. The topological polar surface area (TPSA) is 66.8 Å². The molecule has 0 aromatic rings. The van der Waals surface area contributed by atoms with Gasteiger partial charge >= 0.3 is 12.1 Å². The lowest BCUT2D eigenvalue weighted by molar-refractivity contribution is -0.148. The second-order valence-electron chi connectivity index (χ2n) is 4.94. The molecule has 0 radical (unpaired) electrons. The molecule has 1 rings (SSSR count). The molecule has 5 heteroatoms. The van der Waals surface area contributed by atoms with Crippen LogP contribution in [0.4, 0.5) is 4.79 Å². The van der Waals surface area contributed by atoms with E-state index in [9.17, 15) is 9.59 Å². The molecule has 1 aliphatic heterocycles. The van der Waals surface area contributed by atoms with E-state index in [-0.39, 0.29) is 18.6 Å². The third kappa shape index (κ3) is 3.22. The van der Waals surface area contributed by atoms with Crippen molar-refractivity contribution in [3.8, 4) is 0 Å². The van der Waals surface area contributed by atoms with Crippen molar-refractivity contribution in [3.05, 3.63) is 12.7 Å². The van der Waals surface area contributed by atoms with Crippen molar-refractivity contribution in [1.29, 1.82) is 0 Å². The lowest BCUT2D eigenvalue weighted by atomic mass is 9.73. The van der Waals surface area contributed by atoms with E-state index >= 15 is 0 Å². The maximum atomic E-state index is 11.6. The molecule has 1 amide bonds. The first kappa shape index (κ1) is 13.5. The minimum absolute atomic E-state index is 0.149. The molecule has 0 aromatic carbocycles. The molecule has 96 valence electrons. The average Bonchev–Trinajstić information content (AvgIpc) is 2.25. The second-order valence-corrected chi connectivity index (χ2v) is 4.94. The highest BCUT2D eigenvalue weighted by atomic mass is 16.6. The van der Waals surface area contributed by atoms with Crippen LogP contribution in [0.3, 0.4) is 0 Å². The number of amides is 1. The number of carbonyl (C=O) groups is 2. The monoisotopic (exact) mass is 241 g/mol. The summed E-state index contributed by atoms with van der Waals surface area (Å²) in [5, 5.41) is 9.15. The van der Waals surface area contributed by atoms with Crippen LogP contribution in [0.2, 0.25) is 0 Å². The molecule has 0 aliphatic carbocycles. The van der Waals surface area contributed by atoms with E-state index in [4.69, 9.17) is 9.84 Å². The van der Waals surface area contributed by atoms with Gasteiger partial charge in [-0.2, -0.15) is 0 Å². The summed E-state index contributed by atoms with van der Waals surface area (Å²) in [6, 6.07) is 0. The van der Waals surface area contributed by atoms with Crippen molar-refractivity contribution in [2.75, 3.05) is 19.7 Å². The van der Waals surface area contributed by atoms with E-state index in [2.05, 4.69) is 6.58 Å². The summed E-state index contributed by atoms with van der Waals surface area (Å²) >= 11 is 0. The molecule has 1 fully saturated rings. The molecule has 1 N–H and O–H groups in total. The molecule has 0 spiro atoms. The molecule has 1 saturated heterocycles. The number of likely N-dealkylation sites (tertiary alicyclic amines) is 1. The number of aliphatic carboxylic acids is 1. The zero-order valence-electron chi connectivity index (χ0n) is 10.3. The van der Waals surface area contributed by atoms with Crippen molar-refractivity contribution >= 4 is 12.1 Å². The minimum atomic E-state index is -0.865. The number of hydrogen-bond acceptors (Lipinski definition) is 3. The number of rotatable bonds is 3. The molecule has 17 heavy (non-hydrogen) atoms. The Morgan fingerprint density at radius 2 is 2.24 bits per heavy atom. The fourth-order valence-corrected chi connectivity index (χ4v) is 1.96. The van der Waals surface area contributed by atoms with Gasteiger partial charge < -0.3 is 14.7 Å². The van der Waals surface area contributed by atoms with Gasteiger partial charge in [0.15, 0.2) is 0 Å². The summed E-state index contributed by atoms with van der Waals surface area (Å²) < 4.78 is 4.90. The van der Waals surface area contributed by atoms with Gasteiger partial charge in [0, 0.05) is 13.1 Å². The van der Waals surface area contributed by atoms with Gasteiger partial charge in [0.1, 0.15) is 6.61 Å². The smallest absolute Gasteiger partial charge is 0.410 e. The third-order valence-corrected chi connectivity index (χ3v) is 3.25. The molecule has 1 atom stereocenters. The normalized spacial score (nSPS) is 22.9. The Morgan fingerprint density at radius 3 is 2.76 bits per heavy atom. The Bertz CT molecular complexity index is 324. The molecular weight excluding hydrogens is 222 g/mol. The quantitative estimate of drug-likeness (QED) is 0.764. The number of piperidine rings is 1. The van der Waals surface area contributed by atoms with Crippen LogP contribution in [0, 0.1) is 11.3 Å². The maximum absolute atomic E-state index is 11.6. The van der Waals surface area contributed by atoms with Gasteiger partial charge in [-0.15, -0.1) is 0 Å². The summed E-state index contributed by atoms with van der Waals surface area (Å²) in [5.74, 6) is -1.41. The van der Waals surface area contributed by atoms with E-state index in [1.165, 1.54) is 11.0 Å². The number of carbonyl (C=O) groups excluding carboxylic acids is 1. The van der Waals surface area contributed by atoms with Gasteiger partial charge in [-0.05, 0) is 11.8 Å². The van der Waals surface area contributed by atoms with Crippen LogP contribution in [0.1, 0.15) is 20.3 Å². The zero-order valence-corrected chi connectivity index (χ0v) is 10.3. The number of carboxylic acid groups (broad SMARTS) is 1. The zero-order chi connectivity index (χ0) is 13.1. The summed E-state index contributed by atoms with van der Waals surface area (Å²) in [5.41, 5.74) is -0.291. The van der Waals surface area contributed by atoms with Crippen molar-refractivity contribution in [2.24, 2.45) is 11.3 Å². The first-order valence-corrected chi connectivity index (χ1v) is 5.64. The van der Waals surface area contributed by atoms with Crippen LogP contribution in [0.5, 0.6) is 0 Å². The lowest BCUT2D eigenvalue weighted by Crippen LogP contribution is -2.50. The van der Waals surface area contributed by atoms with Crippen LogP contribution in [-0.2, 0) is 9.53 Å². The molecule has 0 saturated carbocycles. The maximum Gasteiger partial charge on any atom is 0.410 e. The number of ether oxygens (including phenoxy) is 1. The van der Waals surface area contributed by atoms with Crippen LogP contribution in [-0.4, -0.2) is 41.8 Å². The summed E-state index contributed by atoms with van der Waals surface area (Å²) in [7, 11) is 0.